The van der Waals surface area contributed by atoms with Gasteiger partial charge in [-0.2, -0.15) is 4.99 Å². The van der Waals surface area contributed by atoms with Crippen molar-refractivity contribution in [2.45, 2.75) is 0 Å². The molecule has 0 spiro atoms. The molecule has 3 nitrogen and oxygen atoms in total. The van der Waals surface area contributed by atoms with Gasteiger partial charge in [0.05, 0.1) is 14.1 Å². The number of aliphatic imine (C=N–C) groups is 1. The van der Waals surface area contributed by atoms with Crippen LogP contribution in [0, 0.1) is 0 Å². The smallest absolute Gasteiger partial charge is 0.219 e. The second-order valence-corrected chi connectivity index (χ2v) is 3.13. The van der Waals surface area contributed by atoms with E-state index in [9.17, 15) is 0 Å². The van der Waals surface area contributed by atoms with Gasteiger partial charge in [0.25, 0.3) is 0 Å². The van der Waals surface area contributed by atoms with E-state index in [1.54, 1.807) is 6.20 Å². The maximum Gasteiger partial charge on any atom is 0.219 e. The fourth-order valence-electron chi connectivity index (χ4n) is 1.20. The lowest BCUT2D eigenvalue weighted by Gasteiger charge is -2.17. The summed E-state index contributed by atoms with van der Waals surface area (Å²) in [6.45, 7) is 0. The molecule has 0 aromatic carbocycles. The molecule has 1 aliphatic heterocycles. The zero-order valence-electron chi connectivity index (χ0n) is 6.65. The normalized spacial score (nSPS) is 18.4. The first-order chi connectivity index (χ1) is 5.20. The Morgan fingerprint density at radius 3 is 2.91 bits per heavy atom. The van der Waals surface area contributed by atoms with Crippen LogP contribution in [-0.4, -0.2) is 25.4 Å². The zero-order chi connectivity index (χ0) is 7.90. The molecule has 11 heavy (non-hydrogen) atoms. The van der Waals surface area contributed by atoms with E-state index in [1.807, 2.05) is 12.4 Å². The van der Waals surface area contributed by atoms with Crippen molar-refractivity contribution < 1.29 is 0 Å². The summed E-state index contributed by atoms with van der Waals surface area (Å²) >= 11 is 0. The molecule has 0 amide bonds. The molecule has 0 saturated carbocycles. The number of aromatic nitrogens is 1. The van der Waals surface area contributed by atoms with Gasteiger partial charge in [-0.25, -0.2) is 4.98 Å². The molecule has 0 aliphatic carbocycles. The molecule has 2 rings (SSSR count). The van der Waals surface area contributed by atoms with Crippen molar-refractivity contribution in [1.29, 1.82) is 0 Å². The molecule has 3 heteroatoms. The van der Waals surface area contributed by atoms with Crippen LogP contribution in [0.4, 0.5) is 11.5 Å². The molecule has 1 aromatic rings. The predicted molar refractivity (Wildman–Crippen MR) is 46.0 cm³/mol. The van der Waals surface area contributed by atoms with Crippen LogP contribution in [0.3, 0.4) is 0 Å². The van der Waals surface area contributed by atoms with E-state index >= 15 is 0 Å². The third-order valence-corrected chi connectivity index (χ3v) is 1.86. The first kappa shape index (κ1) is 6.49. The highest BCUT2D eigenvalue weighted by atomic mass is 15.4. The van der Waals surface area contributed by atoms with Crippen molar-refractivity contribution in [3.05, 3.63) is 18.3 Å². The number of rotatable bonds is 0. The fraction of sp³-hybridized carbons (Fsp3) is 0.250. The lowest BCUT2D eigenvalue weighted by molar-refractivity contribution is 0.624. The van der Waals surface area contributed by atoms with Gasteiger partial charge in [-0.1, -0.05) is 0 Å². The number of quaternary nitrogens is 1. The third-order valence-electron chi connectivity index (χ3n) is 1.86. The molecule has 1 aliphatic rings. The van der Waals surface area contributed by atoms with E-state index in [-0.39, 0.29) is 0 Å². The molecule has 0 saturated heterocycles. The van der Waals surface area contributed by atoms with Crippen molar-refractivity contribution in [2.24, 2.45) is 4.99 Å². The zero-order valence-corrected chi connectivity index (χ0v) is 6.65. The van der Waals surface area contributed by atoms with Gasteiger partial charge >= 0.3 is 0 Å². The van der Waals surface area contributed by atoms with E-state index in [2.05, 4.69) is 30.1 Å². The van der Waals surface area contributed by atoms with Gasteiger partial charge < -0.3 is 0 Å². The molecule has 0 unspecified atom stereocenters. The van der Waals surface area contributed by atoms with Crippen LogP contribution < -0.4 is 4.48 Å². The second kappa shape index (κ2) is 1.89. The first-order valence-corrected chi connectivity index (χ1v) is 3.55. The van der Waals surface area contributed by atoms with Crippen LogP contribution in [0.25, 0.3) is 0 Å². The van der Waals surface area contributed by atoms with Gasteiger partial charge in [-0.15, -0.1) is 0 Å². The van der Waals surface area contributed by atoms with Crippen molar-refractivity contribution in [2.75, 3.05) is 14.1 Å². The van der Waals surface area contributed by atoms with Crippen molar-refractivity contribution >= 4 is 17.8 Å². The molecular formula is C8H10N3+. The van der Waals surface area contributed by atoms with Gasteiger partial charge in [0.15, 0.2) is 12.0 Å². The minimum atomic E-state index is 0.698. The van der Waals surface area contributed by atoms with E-state index in [0.29, 0.717) is 4.48 Å². The van der Waals surface area contributed by atoms with Crippen LogP contribution in [0.5, 0.6) is 0 Å². The Labute approximate surface area is 65.6 Å². The molecule has 0 N–H and O–H groups in total. The topological polar surface area (TPSA) is 25.2 Å². The van der Waals surface area contributed by atoms with E-state index in [1.165, 1.54) is 0 Å². The minimum absolute atomic E-state index is 0.698. The van der Waals surface area contributed by atoms with Gasteiger partial charge in [-0.05, 0) is 6.07 Å². The molecule has 0 radical (unpaired) electrons. The van der Waals surface area contributed by atoms with Gasteiger partial charge in [0.2, 0.25) is 5.82 Å². The quantitative estimate of drug-likeness (QED) is 0.509. The van der Waals surface area contributed by atoms with Crippen LogP contribution in [-0.2, 0) is 0 Å². The van der Waals surface area contributed by atoms with Crippen molar-refractivity contribution in [3.63, 3.8) is 0 Å². The Morgan fingerprint density at radius 2 is 2.18 bits per heavy atom. The largest absolute Gasteiger partial charge is 0.250 e. The lowest BCUT2D eigenvalue weighted by Crippen LogP contribution is -2.36. The number of hydrogen-bond acceptors (Lipinski definition) is 2. The summed E-state index contributed by atoms with van der Waals surface area (Å²) < 4.78 is 0.698. The summed E-state index contributed by atoms with van der Waals surface area (Å²) in [4.78, 5) is 8.33. The maximum absolute atomic E-state index is 4.19. The maximum atomic E-state index is 4.19. The Morgan fingerprint density at radius 1 is 1.36 bits per heavy atom. The number of fused-ring (bicyclic) bond motifs is 1. The third kappa shape index (κ3) is 0.851. The highest BCUT2D eigenvalue weighted by Gasteiger charge is 2.26. The van der Waals surface area contributed by atoms with Crippen LogP contribution in [0.15, 0.2) is 23.3 Å². The number of nitrogens with zero attached hydrogens (tertiary/aromatic N) is 3. The average molecular weight is 148 g/mol. The van der Waals surface area contributed by atoms with E-state index < -0.39 is 0 Å². The first-order valence-electron chi connectivity index (χ1n) is 3.55. The highest BCUT2D eigenvalue weighted by Crippen LogP contribution is 2.32. The Kier molecular flexibility index (Phi) is 1.11. The van der Waals surface area contributed by atoms with Gasteiger partial charge in [-0.3, -0.25) is 4.48 Å². The SMILES string of the molecule is C[N+]1(C)C=Nc2ncccc21. The minimum Gasteiger partial charge on any atom is -0.250 e. The van der Waals surface area contributed by atoms with Gasteiger partial charge in [0, 0.05) is 12.3 Å². The standard InChI is InChI=1S/C8H10N3/c1-11(2)6-10-8-7(11)4-3-5-9-8/h3-6H,1-2H3/q+1. The molecule has 0 bridgehead atoms. The molecule has 0 atom stereocenters. The van der Waals surface area contributed by atoms with Gasteiger partial charge in [0.1, 0.15) is 0 Å². The average Bonchev–Trinajstić information content (AvgIpc) is 2.29. The summed E-state index contributed by atoms with van der Waals surface area (Å²) in [6.07, 6.45) is 3.65. The fourth-order valence-corrected chi connectivity index (χ4v) is 1.20. The van der Waals surface area contributed by atoms with Crippen LogP contribution >= 0.6 is 0 Å². The molecule has 0 fully saturated rings. The molecule has 56 valence electrons. The summed E-state index contributed by atoms with van der Waals surface area (Å²) in [7, 11) is 4.16. The molecule has 1 aromatic heterocycles. The Balaban J connectivity index is 2.64. The Hall–Kier alpha value is -1.22. The van der Waals surface area contributed by atoms with Crippen molar-refractivity contribution in [1.82, 2.24) is 9.47 Å². The lowest BCUT2D eigenvalue weighted by atomic mass is 10.3. The summed E-state index contributed by atoms with van der Waals surface area (Å²) in [5.74, 6) is 0.845. The van der Waals surface area contributed by atoms with Crippen LogP contribution in [0.1, 0.15) is 0 Å². The number of pyridine rings is 1. The number of hydrogen-bond donors (Lipinski definition) is 0. The molecular weight excluding hydrogens is 138 g/mol. The summed E-state index contributed by atoms with van der Waals surface area (Å²) in [6, 6.07) is 3.99. The van der Waals surface area contributed by atoms with Crippen LogP contribution in [0.2, 0.25) is 0 Å². The van der Waals surface area contributed by atoms with E-state index in [0.717, 1.165) is 11.5 Å². The van der Waals surface area contributed by atoms with Crippen molar-refractivity contribution in [3.8, 4) is 0 Å². The monoisotopic (exact) mass is 148 g/mol. The Bertz CT molecular complexity index is 315. The predicted octanol–water partition coefficient (Wildman–Crippen LogP) is 1.32. The highest BCUT2D eigenvalue weighted by molar-refractivity contribution is 5.85. The van der Waals surface area contributed by atoms with E-state index in [4.69, 9.17) is 0 Å². The summed E-state index contributed by atoms with van der Waals surface area (Å²) in [5, 5.41) is 0. The molecule has 2 heterocycles. The second-order valence-electron chi connectivity index (χ2n) is 3.13. The summed E-state index contributed by atoms with van der Waals surface area (Å²) in [5.41, 5.74) is 1.16.